The molecule has 0 aromatic heterocycles. The second-order valence-electron chi connectivity index (χ2n) is 7.66. The minimum atomic E-state index is -0.215. The van der Waals surface area contributed by atoms with Gasteiger partial charge in [-0.1, -0.05) is 37.6 Å². The van der Waals surface area contributed by atoms with Crippen LogP contribution >= 0.6 is 0 Å². The van der Waals surface area contributed by atoms with Crippen molar-refractivity contribution in [3.8, 4) is 0 Å². The molecule has 0 radical (unpaired) electrons. The van der Waals surface area contributed by atoms with Crippen molar-refractivity contribution in [1.29, 1.82) is 0 Å². The molecule has 176 valence electrons. The molecule has 10 nitrogen and oxygen atoms in total. The van der Waals surface area contributed by atoms with Crippen LogP contribution in [0.25, 0.3) is 0 Å². The molecule has 2 unspecified atom stereocenters. The molecule has 2 atom stereocenters. The number of hydrogen-bond donors (Lipinski definition) is 4. The fourth-order valence-corrected chi connectivity index (χ4v) is 4.19. The van der Waals surface area contributed by atoms with Crippen LogP contribution in [-0.2, 0) is 19.6 Å². The lowest BCUT2D eigenvalue weighted by Gasteiger charge is -2.34. The van der Waals surface area contributed by atoms with E-state index in [1.807, 2.05) is 45.0 Å². The van der Waals surface area contributed by atoms with Gasteiger partial charge in [-0.05, 0) is 54.2 Å². The summed E-state index contributed by atoms with van der Waals surface area (Å²) in [5.41, 5.74) is 9.38. The van der Waals surface area contributed by atoms with Crippen LogP contribution in [-0.4, -0.2) is 35.8 Å². The molecule has 0 bridgehead atoms. The van der Waals surface area contributed by atoms with Gasteiger partial charge in [-0.15, -0.1) is 9.98 Å². The first kappa shape index (κ1) is 26.2. The maximum absolute atomic E-state index is 10.9. The monoisotopic (exact) mass is 456 g/mol. The maximum atomic E-state index is 10.9. The maximum Gasteiger partial charge on any atom is 0.240 e. The number of rotatable bonds is 13. The minimum Gasteiger partial charge on any atom is -0.233 e. The predicted molar refractivity (Wildman–Crippen MR) is 121 cm³/mol. The van der Waals surface area contributed by atoms with E-state index in [1.165, 1.54) is 0 Å². The second kappa shape index (κ2) is 13.5. The third-order valence-electron chi connectivity index (χ3n) is 5.90. The van der Waals surface area contributed by atoms with Gasteiger partial charge in [0.1, 0.15) is 0 Å². The summed E-state index contributed by atoms with van der Waals surface area (Å²) in [6.45, 7) is 6.18. The molecule has 0 heterocycles. The molecule has 0 saturated carbocycles. The zero-order chi connectivity index (χ0) is 24.2. The summed E-state index contributed by atoms with van der Waals surface area (Å²) in [6.07, 6.45) is 3.84. The van der Waals surface area contributed by atoms with E-state index in [9.17, 15) is 9.59 Å². The van der Waals surface area contributed by atoms with Crippen molar-refractivity contribution < 1.29 is 30.1 Å². The van der Waals surface area contributed by atoms with Gasteiger partial charge in [-0.25, -0.2) is 20.1 Å². The lowest BCUT2D eigenvalue weighted by molar-refractivity contribution is -0.294. The number of nitrogens with zero attached hydrogens (tertiary/aromatic N) is 2. The Morgan fingerprint density at radius 2 is 1.27 bits per heavy atom. The fraction of sp³-hybridized carbons (Fsp3) is 0.391. The van der Waals surface area contributed by atoms with Crippen molar-refractivity contribution >= 4 is 23.5 Å². The number of aryl methyl sites for hydroxylation is 2. The number of hydroxylamine groups is 2. The quantitative estimate of drug-likeness (QED) is 0.153. The molecule has 0 aliphatic carbocycles. The van der Waals surface area contributed by atoms with E-state index in [4.69, 9.17) is 10.5 Å². The highest BCUT2D eigenvalue weighted by Gasteiger charge is 2.31. The molecule has 2 aromatic carbocycles. The van der Waals surface area contributed by atoms with Crippen molar-refractivity contribution in [2.45, 2.75) is 39.0 Å². The van der Waals surface area contributed by atoms with Crippen LogP contribution in [0.15, 0.2) is 46.4 Å². The third-order valence-corrected chi connectivity index (χ3v) is 5.90. The van der Waals surface area contributed by atoms with Crippen LogP contribution in [0.1, 0.15) is 47.4 Å². The summed E-state index contributed by atoms with van der Waals surface area (Å²) < 4.78 is 0. The molecular formula is C23H28N4O6. The van der Waals surface area contributed by atoms with E-state index >= 15 is 0 Å². The first-order valence-electron chi connectivity index (χ1n) is 10.4. The molecule has 2 rings (SSSR count). The summed E-state index contributed by atoms with van der Waals surface area (Å²) in [5, 5.41) is 17.9. The molecule has 2 aromatic rings. The average molecular weight is 456 g/mol. The highest BCUT2D eigenvalue weighted by molar-refractivity contribution is 5.56. The van der Waals surface area contributed by atoms with E-state index in [0.29, 0.717) is 17.8 Å². The highest BCUT2D eigenvalue weighted by atomic mass is 17.2. The zero-order valence-corrected chi connectivity index (χ0v) is 18.7. The van der Waals surface area contributed by atoms with E-state index in [2.05, 4.69) is 30.9 Å². The molecule has 10 heteroatoms. The van der Waals surface area contributed by atoms with Crippen molar-refractivity contribution in [3.63, 3.8) is 0 Å². The molecule has 0 aliphatic heterocycles. The Labute approximate surface area is 191 Å². The summed E-state index contributed by atoms with van der Waals surface area (Å²) in [7, 11) is 0. The topological polar surface area (TPSA) is 142 Å². The summed E-state index contributed by atoms with van der Waals surface area (Å²) in [5.74, 6) is -0.511. The Balaban J connectivity index is 2.59. The minimum absolute atomic E-state index is 0.0816. The lowest BCUT2D eigenvalue weighted by Crippen LogP contribution is -2.34. The van der Waals surface area contributed by atoms with E-state index in [-0.39, 0.29) is 30.8 Å². The molecular weight excluding hydrogens is 428 g/mol. The van der Waals surface area contributed by atoms with Gasteiger partial charge in [0.25, 0.3) is 0 Å². The first-order valence-corrected chi connectivity index (χ1v) is 10.4. The summed E-state index contributed by atoms with van der Waals surface area (Å²) in [6, 6.07) is 11.2. The summed E-state index contributed by atoms with van der Waals surface area (Å²) >= 11 is 0. The van der Waals surface area contributed by atoms with Gasteiger partial charge >= 0.3 is 0 Å². The standard InChI is InChI=1S/C23H28N4O6/c1-4-19(20(11-26-32-30)17-7-5-15(2)22(9-17)24-13-28)21(12-27-33-31)18-8-6-16(3)23(10-18)25-14-29/h5-10,19-21,26-27,30-31H,4,11-12H2,1-3H3. The van der Waals surface area contributed by atoms with Crippen LogP contribution in [0, 0.1) is 19.8 Å². The van der Waals surface area contributed by atoms with Gasteiger partial charge in [-0.2, -0.15) is 20.9 Å². The molecule has 0 spiro atoms. The first-order chi connectivity index (χ1) is 16.0. The number of aliphatic imine (C=N–C) groups is 2. The molecule has 4 N–H and O–H groups in total. The second-order valence-corrected chi connectivity index (χ2v) is 7.66. The van der Waals surface area contributed by atoms with Crippen molar-refractivity contribution in [3.05, 3.63) is 58.7 Å². The molecule has 33 heavy (non-hydrogen) atoms. The van der Waals surface area contributed by atoms with Crippen molar-refractivity contribution in [2.24, 2.45) is 15.9 Å². The van der Waals surface area contributed by atoms with E-state index in [0.717, 1.165) is 22.3 Å². The van der Waals surface area contributed by atoms with Crippen LogP contribution in [0.4, 0.5) is 11.4 Å². The van der Waals surface area contributed by atoms with Gasteiger partial charge in [0.15, 0.2) is 0 Å². The third kappa shape index (κ3) is 6.97. The SMILES string of the molecule is CCC(C(CNOO)c1ccc(C)c(N=C=O)c1)C(CNOO)c1ccc(C)c(N=C=O)c1. The molecule has 0 saturated heterocycles. The lowest BCUT2D eigenvalue weighted by atomic mass is 9.73. The van der Waals surface area contributed by atoms with Crippen molar-refractivity contribution in [2.75, 3.05) is 13.1 Å². The fourth-order valence-electron chi connectivity index (χ4n) is 4.19. The molecule has 0 aliphatic rings. The van der Waals surface area contributed by atoms with Gasteiger partial charge in [0.05, 0.1) is 11.4 Å². The smallest absolute Gasteiger partial charge is 0.233 e. The van der Waals surface area contributed by atoms with E-state index < -0.39 is 0 Å². The Morgan fingerprint density at radius 1 is 0.848 bits per heavy atom. The Morgan fingerprint density at radius 3 is 1.61 bits per heavy atom. The number of carbonyl (C=O) groups excluding carboxylic acids is 2. The largest absolute Gasteiger partial charge is 0.240 e. The summed E-state index contributed by atoms with van der Waals surface area (Å²) in [4.78, 5) is 37.6. The number of nitrogens with one attached hydrogen (secondary N) is 2. The van der Waals surface area contributed by atoms with Gasteiger partial charge < -0.3 is 0 Å². The number of benzene rings is 2. The Bertz CT molecular complexity index is 939. The highest BCUT2D eigenvalue weighted by Crippen LogP contribution is 2.40. The Hall–Kier alpha value is -3.04. The predicted octanol–water partition coefficient (Wildman–Crippen LogP) is 4.12. The number of hydrogen-bond acceptors (Lipinski definition) is 10. The van der Waals surface area contributed by atoms with E-state index in [1.54, 1.807) is 24.3 Å². The molecule has 0 fully saturated rings. The van der Waals surface area contributed by atoms with Crippen LogP contribution < -0.4 is 11.0 Å². The number of isocyanates is 2. The molecule has 0 amide bonds. The van der Waals surface area contributed by atoms with Gasteiger partial charge in [-0.3, -0.25) is 0 Å². The van der Waals surface area contributed by atoms with Crippen molar-refractivity contribution in [1.82, 2.24) is 11.0 Å². The zero-order valence-electron chi connectivity index (χ0n) is 18.7. The van der Waals surface area contributed by atoms with Crippen LogP contribution in [0.5, 0.6) is 0 Å². The normalized spacial score (nSPS) is 13.5. The van der Waals surface area contributed by atoms with Gasteiger partial charge in [0, 0.05) is 24.9 Å². The van der Waals surface area contributed by atoms with Crippen LogP contribution in [0.3, 0.4) is 0 Å². The Kier molecular flexibility index (Phi) is 10.7. The average Bonchev–Trinajstić information content (AvgIpc) is 2.81. The van der Waals surface area contributed by atoms with Gasteiger partial charge in [0.2, 0.25) is 12.2 Å². The van der Waals surface area contributed by atoms with Crippen LogP contribution in [0.2, 0.25) is 0 Å².